The van der Waals surface area contributed by atoms with Crippen LogP contribution in [0.1, 0.15) is 38.5 Å². The lowest BCUT2D eigenvalue weighted by Gasteiger charge is -2.44. The Morgan fingerprint density at radius 2 is 1.79 bits per heavy atom. The molecule has 0 spiro atoms. The van der Waals surface area contributed by atoms with E-state index in [1.54, 1.807) is 7.11 Å². The molecule has 0 bridgehead atoms. The molecule has 1 saturated heterocycles. The lowest BCUT2D eigenvalue weighted by Crippen LogP contribution is -2.57. The number of likely N-dealkylation sites (N-methyl/N-ethyl adjacent to an activating group) is 1. The topological polar surface area (TPSA) is 58.1 Å². The third kappa shape index (κ3) is 4.83. The number of aliphatic imine (C=N–C) groups is 1. The molecule has 0 aromatic heterocycles. The van der Waals surface area contributed by atoms with Crippen molar-refractivity contribution < 1.29 is 9.47 Å². The Morgan fingerprint density at radius 1 is 1.12 bits per heavy atom. The van der Waals surface area contributed by atoms with E-state index in [4.69, 9.17) is 9.47 Å². The second kappa shape index (κ2) is 9.02. The van der Waals surface area contributed by atoms with Gasteiger partial charge in [0.1, 0.15) is 0 Å². The fourth-order valence-electron chi connectivity index (χ4n) is 3.78. The molecule has 1 heterocycles. The lowest BCUT2D eigenvalue weighted by atomic mass is 9.67. The summed E-state index contributed by atoms with van der Waals surface area (Å²) in [4.78, 5) is 6.75. The molecule has 0 radical (unpaired) electrons. The molecule has 6 nitrogen and oxygen atoms in total. The Morgan fingerprint density at radius 3 is 2.29 bits per heavy atom. The van der Waals surface area contributed by atoms with Crippen molar-refractivity contribution in [1.82, 2.24) is 15.5 Å². The van der Waals surface area contributed by atoms with E-state index < -0.39 is 0 Å². The van der Waals surface area contributed by atoms with E-state index in [9.17, 15) is 0 Å². The van der Waals surface area contributed by atoms with Crippen LogP contribution in [0.4, 0.5) is 0 Å². The van der Waals surface area contributed by atoms with E-state index in [-0.39, 0.29) is 5.54 Å². The van der Waals surface area contributed by atoms with Gasteiger partial charge in [0.25, 0.3) is 0 Å². The maximum absolute atomic E-state index is 5.55. The maximum atomic E-state index is 5.55. The van der Waals surface area contributed by atoms with Gasteiger partial charge in [0.05, 0.1) is 0 Å². The van der Waals surface area contributed by atoms with E-state index in [0.717, 1.165) is 58.1 Å². The zero-order valence-corrected chi connectivity index (χ0v) is 16.0. The molecule has 140 valence electrons. The molecule has 6 heteroatoms. The number of ether oxygens (including phenoxy) is 2. The van der Waals surface area contributed by atoms with Crippen molar-refractivity contribution >= 4 is 5.96 Å². The molecule has 0 amide bonds. The molecule has 0 unspecified atom stereocenters. The summed E-state index contributed by atoms with van der Waals surface area (Å²) in [7, 11) is 7.97. The molecule has 2 aliphatic rings. The van der Waals surface area contributed by atoms with Crippen molar-refractivity contribution in [1.29, 1.82) is 0 Å². The minimum atomic E-state index is 0.153. The average molecular weight is 341 g/mol. The number of nitrogens with one attached hydrogen (secondary N) is 2. The van der Waals surface area contributed by atoms with Gasteiger partial charge in [-0.25, -0.2) is 0 Å². The predicted octanol–water partition coefficient (Wildman–Crippen LogP) is 1.47. The summed E-state index contributed by atoms with van der Waals surface area (Å²) in [5.41, 5.74) is 0.547. The first-order valence-corrected chi connectivity index (χ1v) is 9.25. The van der Waals surface area contributed by atoms with Gasteiger partial charge in [-0.2, -0.15) is 0 Å². The SMILES string of the molecule is CN=C(NCC1(CCOC)CCC1)NCC1(N(C)C)CCOCC1. The molecule has 24 heavy (non-hydrogen) atoms. The summed E-state index contributed by atoms with van der Waals surface area (Å²) in [6.45, 7) is 4.40. The van der Waals surface area contributed by atoms with Gasteiger partial charge >= 0.3 is 0 Å². The molecule has 0 aromatic carbocycles. The zero-order valence-electron chi connectivity index (χ0n) is 16.0. The average Bonchev–Trinajstić information content (AvgIpc) is 2.56. The number of guanidine groups is 1. The second-order valence-corrected chi connectivity index (χ2v) is 7.61. The van der Waals surface area contributed by atoms with Crippen LogP contribution in [-0.2, 0) is 9.47 Å². The molecular formula is C18H36N4O2. The van der Waals surface area contributed by atoms with E-state index in [1.165, 1.54) is 19.3 Å². The quantitative estimate of drug-likeness (QED) is 0.518. The van der Waals surface area contributed by atoms with E-state index in [2.05, 4.69) is 34.6 Å². The smallest absolute Gasteiger partial charge is 0.191 e. The van der Waals surface area contributed by atoms with Crippen LogP contribution in [0.15, 0.2) is 4.99 Å². The van der Waals surface area contributed by atoms with Gasteiger partial charge in [0, 0.05) is 52.6 Å². The molecule has 2 rings (SSSR count). The lowest BCUT2D eigenvalue weighted by molar-refractivity contribution is -0.00506. The van der Waals surface area contributed by atoms with Crippen molar-refractivity contribution in [3.8, 4) is 0 Å². The van der Waals surface area contributed by atoms with Gasteiger partial charge in [-0.1, -0.05) is 6.42 Å². The summed E-state index contributed by atoms with van der Waals surface area (Å²) in [5, 5.41) is 7.10. The van der Waals surface area contributed by atoms with Crippen LogP contribution < -0.4 is 10.6 Å². The minimum absolute atomic E-state index is 0.153. The predicted molar refractivity (Wildman–Crippen MR) is 98.6 cm³/mol. The van der Waals surface area contributed by atoms with E-state index >= 15 is 0 Å². The standard InChI is InChI=1S/C18H36N4O2/c1-19-16(20-14-17(6-5-7-17)8-11-23-4)21-15-18(22(2)3)9-12-24-13-10-18/h5-15H2,1-4H3,(H2,19,20,21). The monoisotopic (exact) mass is 340 g/mol. The van der Waals surface area contributed by atoms with Gasteiger partial charge in [-0.15, -0.1) is 0 Å². The van der Waals surface area contributed by atoms with E-state index in [0.29, 0.717) is 5.41 Å². The molecule has 0 aromatic rings. The Bertz CT molecular complexity index is 402. The molecule has 2 N–H and O–H groups in total. The number of nitrogens with zero attached hydrogens (tertiary/aromatic N) is 2. The first-order valence-electron chi connectivity index (χ1n) is 9.25. The first-order chi connectivity index (χ1) is 11.6. The fraction of sp³-hybridized carbons (Fsp3) is 0.944. The summed E-state index contributed by atoms with van der Waals surface area (Å²) in [6.07, 6.45) is 7.16. The Hall–Kier alpha value is -0.850. The molecule has 1 aliphatic heterocycles. The Balaban J connectivity index is 1.83. The highest BCUT2D eigenvalue weighted by molar-refractivity contribution is 5.79. The van der Waals surface area contributed by atoms with Gasteiger partial charge in [0.15, 0.2) is 5.96 Å². The Labute approximate surface area is 147 Å². The van der Waals surface area contributed by atoms with Crippen LogP contribution >= 0.6 is 0 Å². The summed E-state index contributed by atoms with van der Waals surface area (Å²) in [6, 6.07) is 0. The third-order valence-electron chi connectivity index (χ3n) is 6.06. The Kier molecular flexibility index (Phi) is 7.32. The highest BCUT2D eigenvalue weighted by Crippen LogP contribution is 2.43. The van der Waals surface area contributed by atoms with Crippen LogP contribution in [0.2, 0.25) is 0 Å². The van der Waals surface area contributed by atoms with Crippen molar-refractivity contribution in [3.63, 3.8) is 0 Å². The van der Waals surface area contributed by atoms with Gasteiger partial charge in [-0.05, 0) is 51.6 Å². The molecule has 0 atom stereocenters. The number of methoxy groups -OCH3 is 1. The van der Waals surface area contributed by atoms with Gasteiger partial charge in [-0.3, -0.25) is 4.99 Å². The van der Waals surface area contributed by atoms with Crippen molar-refractivity contribution in [2.45, 2.75) is 44.1 Å². The van der Waals surface area contributed by atoms with Crippen LogP contribution in [0.3, 0.4) is 0 Å². The van der Waals surface area contributed by atoms with Crippen molar-refractivity contribution in [2.24, 2.45) is 10.4 Å². The summed E-state index contributed by atoms with van der Waals surface area (Å²) in [5.74, 6) is 0.909. The van der Waals surface area contributed by atoms with Crippen molar-refractivity contribution in [3.05, 3.63) is 0 Å². The minimum Gasteiger partial charge on any atom is -0.385 e. The first kappa shape index (κ1) is 19.5. The third-order valence-corrected chi connectivity index (χ3v) is 6.06. The van der Waals surface area contributed by atoms with Crippen LogP contribution in [-0.4, -0.2) is 77.6 Å². The van der Waals surface area contributed by atoms with Crippen molar-refractivity contribution in [2.75, 3.05) is 61.2 Å². The maximum Gasteiger partial charge on any atom is 0.191 e. The zero-order chi connectivity index (χ0) is 17.5. The highest BCUT2D eigenvalue weighted by atomic mass is 16.5. The largest absolute Gasteiger partial charge is 0.385 e. The second-order valence-electron chi connectivity index (χ2n) is 7.61. The van der Waals surface area contributed by atoms with Crippen LogP contribution in [0.25, 0.3) is 0 Å². The van der Waals surface area contributed by atoms with Crippen LogP contribution in [0.5, 0.6) is 0 Å². The molecule has 1 saturated carbocycles. The number of hydrogen-bond donors (Lipinski definition) is 2. The van der Waals surface area contributed by atoms with E-state index in [1.807, 2.05) is 7.05 Å². The fourth-order valence-corrected chi connectivity index (χ4v) is 3.78. The summed E-state index contributed by atoms with van der Waals surface area (Å²) >= 11 is 0. The molecule has 2 fully saturated rings. The summed E-state index contributed by atoms with van der Waals surface area (Å²) < 4.78 is 10.8. The number of hydrogen-bond acceptors (Lipinski definition) is 4. The normalized spacial score (nSPS) is 23.0. The molecular weight excluding hydrogens is 304 g/mol. The molecule has 1 aliphatic carbocycles. The van der Waals surface area contributed by atoms with Crippen LogP contribution in [0, 0.1) is 5.41 Å². The van der Waals surface area contributed by atoms with Gasteiger partial charge in [0.2, 0.25) is 0 Å². The number of rotatable bonds is 8. The highest BCUT2D eigenvalue weighted by Gasteiger charge is 2.37. The van der Waals surface area contributed by atoms with Gasteiger partial charge < -0.3 is 25.0 Å².